The summed E-state index contributed by atoms with van der Waals surface area (Å²) in [6.45, 7) is 4.43. The number of aliphatic hydroxyl groups excluding tert-OH is 3. The van der Waals surface area contributed by atoms with E-state index in [2.05, 4.69) is 39.0 Å². The summed E-state index contributed by atoms with van der Waals surface area (Å²) in [5.74, 6) is 6.28. The van der Waals surface area contributed by atoms with Gasteiger partial charge >= 0.3 is 0 Å². The summed E-state index contributed by atoms with van der Waals surface area (Å²) >= 11 is 0. The number of ether oxygens (including phenoxy) is 1. The highest BCUT2D eigenvalue weighted by molar-refractivity contribution is 5.83. The second-order valence-electron chi connectivity index (χ2n) is 8.06. The van der Waals surface area contributed by atoms with E-state index < -0.39 is 30.4 Å². The van der Waals surface area contributed by atoms with E-state index in [1.54, 1.807) is 6.92 Å². The Bertz CT molecular complexity index is 1020. The average molecular weight is 461 g/mol. The van der Waals surface area contributed by atoms with Gasteiger partial charge in [-0.15, -0.1) is 0 Å². The topological polar surface area (TPSA) is 169 Å². The summed E-state index contributed by atoms with van der Waals surface area (Å²) in [6, 6.07) is 0. The number of carbonyl (C=O) groups excluding carboxylic acids is 1. The van der Waals surface area contributed by atoms with E-state index in [4.69, 9.17) is 15.6 Å². The number of aliphatic hydroxyl groups is 3. The molecule has 11 nitrogen and oxygen atoms in total. The van der Waals surface area contributed by atoms with Crippen molar-refractivity contribution in [3.8, 4) is 11.8 Å². The number of carbonyl (C=O) groups is 1. The van der Waals surface area contributed by atoms with Gasteiger partial charge in [0.2, 0.25) is 5.82 Å². The lowest BCUT2D eigenvalue weighted by molar-refractivity contribution is -0.137. The highest BCUT2D eigenvalue weighted by Crippen LogP contribution is 2.32. The minimum atomic E-state index is -1.41. The number of nitrogens with zero attached hydrogens (tertiary/aromatic N) is 4. The molecule has 0 bridgehead atoms. The summed E-state index contributed by atoms with van der Waals surface area (Å²) in [5.41, 5.74) is 6.63. The fraction of sp³-hybridized carbons (Fsp3) is 0.636. The van der Waals surface area contributed by atoms with Crippen molar-refractivity contribution in [1.82, 2.24) is 24.8 Å². The zero-order valence-electron chi connectivity index (χ0n) is 18.9. The Kier molecular flexibility index (Phi) is 8.57. The van der Waals surface area contributed by atoms with Gasteiger partial charge < -0.3 is 31.1 Å². The normalized spacial score (nSPS) is 23.3. The fourth-order valence-corrected chi connectivity index (χ4v) is 3.92. The first kappa shape index (κ1) is 24.9. The summed E-state index contributed by atoms with van der Waals surface area (Å²) in [7, 11) is 0. The van der Waals surface area contributed by atoms with E-state index in [9.17, 15) is 15.0 Å². The van der Waals surface area contributed by atoms with Gasteiger partial charge in [-0.05, 0) is 38.0 Å². The number of hydrogen-bond donors (Lipinski definition) is 5. The molecule has 5 atom stereocenters. The van der Waals surface area contributed by atoms with Gasteiger partial charge in [-0.2, -0.15) is 0 Å². The van der Waals surface area contributed by atoms with Crippen molar-refractivity contribution in [2.75, 3.05) is 18.9 Å². The van der Waals surface area contributed by atoms with E-state index in [-0.39, 0.29) is 23.9 Å². The van der Waals surface area contributed by atoms with Crippen molar-refractivity contribution < 1.29 is 24.9 Å². The molecular formula is C22H32N6O5. The number of nitrogen functional groups attached to an aromatic ring is 1. The van der Waals surface area contributed by atoms with E-state index >= 15 is 0 Å². The second kappa shape index (κ2) is 11.4. The number of nitrogens with two attached hydrogens (primary N) is 1. The van der Waals surface area contributed by atoms with Crippen molar-refractivity contribution >= 4 is 22.9 Å². The Morgan fingerprint density at radius 3 is 2.79 bits per heavy atom. The lowest BCUT2D eigenvalue weighted by Gasteiger charge is -2.16. The Labute approximate surface area is 192 Å². The number of aromatic nitrogens is 4. The van der Waals surface area contributed by atoms with Gasteiger partial charge in [0, 0.05) is 19.6 Å². The zero-order chi connectivity index (χ0) is 24.0. The second-order valence-corrected chi connectivity index (χ2v) is 8.06. The lowest BCUT2D eigenvalue weighted by Crippen LogP contribution is -2.42. The van der Waals surface area contributed by atoms with Crippen LogP contribution in [-0.2, 0) is 9.53 Å². The Balaban J connectivity index is 1.77. The van der Waals surface area contributed by atoms with Gasteiger partial charge in [0.25, 0.3) is 5.91 Å². The van der Waals surface area contributed by atoms with Crippen LogP contribution in [0.1, 0.15) is 58.0 Å². The van der Waals surface area contributed by atoms with E-state index in [1.165, 1.54) is 10.9 Å². The van der Waals surface area contributed by atoms with Crippen LogP contribution in [0.25, 0.3) is 11.2 Å². The molecule has 1 amide bonds. The number of fused-ring (bicyclic) bond motifs is 1. The van der Waals surface area contributed by atoms with Gasteiger partial charge in [0.15, 0.2) is 23.8 Å². The summed E-state index contributed by atoms with van der Waals surface area (Å²) in [4.78, 5) is 24.9. The molecule has 11 heteroatoms. The van der Waals surface area contributed by atoms with Crippen LogP contribution < -0.4 is 11.1 Å². The standard InChI is InChI=1S/C22H32N6O5/c1-3-13(10-11-29)8-6-5-7-9-14-26-19(23)15-20(27-14)28(12-25-15)22-17(31)16(30)18(33-22)21(32)24-4-2/h12-13,16-18,22,29-31H,3-6,8,10-11H2,1-2H3,(H,24,32)(H2,23,26,27)/t13?,16?,17?,18-,22+/m0/s1. The van der Waals surface area contributed by atoms with Crippen molar-refractivity contribution in [2.24, 2.45) is 5.92 Å². The number of likely N-dealkylation sites (N-methyl/N-ethyl adjacent to an activating group) is 1. The molecule has 3 rings (SSSR count). The molecule has 1 saturated heterocycles. The summed E-state index contributed by atoms with van der Waals surface area (Å²) in [6.07, 6.45) is 0.681. The molecule has 1 aliphatic heterocycles. The average Bonchev–Trinajstić information content (AvgIpc) is 3.34. The van der Waals surface area contributed by atoms with Gasteiger partial charge in [0.05, 0.1) is 6.33 Å². The number of rotatable bonds is 9. The molecule has 1 fully saturated rings. The highest BCUT2D eigenvalue weighted by Gasteiger charge is 2.47. The van der Waals surface area contributed by atoms with Crippen LogP contribution in [0, 0.1) is 17.8 Å². The Morgan fingerprint density at radius 1 is 1.30 bits per heavy atom. The molecule has 33 heavy (non-hydrogen) atoms. The highest BCUT2D eigenvalue weighted by atomic mass is 16.6. The maximum Gasteiger partial charge on any atom is 0.252 e. The third kappa shape index (κ3) is 5.59. The molecule has 3 unspecified atom stereocenters. The molecule has 0 spiro atoms. The quantitative estimate of drug-likeness (QED) is 0.257. The zero-order valence-corrected chi connectivity index (χ0v) is 18.9. The number of anilines is 1. The van der Waals surface area contributed by atoms with Crippen LogP contribution in [-0.4, -0.2) is 72.2 Å². The monoisotopic (exact) mass is 460 g/mol. The first-order valence-corrected chi connectivity index (χ1v) is 11.3. The minimum absolute atomic E-state index is 0.130. The van der Waals surface area contributed by atoms with Crippen LogP contribution in [0.2, 0.25) is 0 Å². The van der Waals surface area contributed by atoms with Crippen LogP contribution in [0.4, 0.5) is 5.82 Å². The molecule has 0 aliphatic carbocycles. The molecule has 2 aromatic heterocycles. The van der Waals surface area contributed by atoms with E-state index in [1.807, 2.05) is 0 Å². The fourth-order valence-electron chi connectivity index (χ4n) is 3.92. The van der Waals surface area contributed by atoms with Crippen LogP contribution in [0.15, 0.2) is 6.33 Å². The SMILES string of the molecule is CCNC(=O)[C@H]1O[C@@H](n2cnc3c(N)nc(C#CCCCC(CC)CCO)nc32)C(O)C1O. The molecule has 0 aromatic carbocycles. The maximum absolute atomic E-state index is 12.1. The Hall–Kier alpha value is -2.78. The first-order valence-electron chi connectivity index (χ1n) is 11.3. The van der Waals surface area contributed by atoms with Gasteiger partial charge in [-0.1, -0.05) is 19.3 Å². The predicted octanol–water partition coefficient (Wildman–Crippen LogP) is 0.0942. The van der Waals surface area contributed by atoms with Crippen LogP contribution >= 0.6 is 0 Å². The van der Waals surface area contributed by atoms with Crippen molar-refractivity contribution in [3.05, 3.63) is 12.2 Å². The van der Waals surface area contributed by atoms with Gasteiger partial charge in [-0.3, -0.25) is 9.36 Å². The van der Waals surface area contributed by atoms with Gasteiger partial charge in [0.1, 0.15) is 17.7 Å². The Morgan fingerprint density at radius 2 is 2.09 bits per heavy atom. The molecular weight excluding hydrogens is 428 g/mol. The summed E-state index contributed by atoms with van der Waals surface area (Å²) in [5, 5.41) is 32.5. The van der Waals surface area contributed by atoms with Crippen LogP contribution in [0.5, 0.6) is 0 Å². The number of amides is 1. The number of nitrogens with one attached hydrogen (secondary N) is 1. The smallest absolute Gasteiger partial charge is 0.252 e. The van der Waals surface area contributed by atoms with Crippen molar-refractivity contribution in [1.29, 1.82) is 0 Å². The third-order valence-electron chi connectivity index (χ3n) is 5.80. The molecule has 180 valence electrons. The molecule has 2 aromatic rings. The van der Waals surface area contributed by atoms with Gasteiger partial charge in [-0.25, -0.2) is 15.0 Å². The summed E-state index contributed by atoms with van der Waals surface area (Å²) < 4.78 is 7.08. The largest absolute Gasteiger partial charge is 0.396 e. The molecule has 6 N–H and O–H groups in total. The maximum atomic E-state index is 12.1. The molecule has 3 heterocycles. The van der Waals surface area contributed by atoms with Crippen molar-refractivity contribution in [2.45, 2.75) is 70.5 Å². The number of unbranched alkanes of at least 4 members (excludes halogenated alkanes) is 1. The molecule has 0 saturated carbocycles. The van der Waals surface area contributed by atoms with E-state index in [0.717, 1.165) is 25.7 Å². The first-order chi connectivity index (χ1) is 15.9. The number of hydrogen-bond acceptors (Lipinski definition) is 9. The minimum Gasteiger partial charge on any atom is -0.396 e. The van der Waals surface area contributed by atoms with Crippen LogP contribution in [0.3, 0.4) is 0 Å². The predicted molar refractivity (Wildman–Crippen MR) is 121 cm³/mol. The van der Waals surface area contributed by atoms with E-state index in [0.29, 0.717) is 24.4 Å². The number of imidazole rings is 1. The third-order valence-corrected chi connectivity index (χ3v) is 5.80. The lowest BCUT2D eigenvalue weighted by atomic mass is 9.96. The molecule has 1 aliphatic rings. The van der Waals surface area contributed by atoms with Crippen molar-refractivity contribution in [3.63, 3.8) is 0 Å². The molecule has 0 radical (unpaired) electrons.